The zero-order chi connectivity index (χ0) is 13.1. The second-order valence-electron chi connectivity index (χ2n) is 4.21. The molecule has 0 radical (unpaired) electrons. The van der Waals surface area contributed by atoms with Crippen LogP contribution in [0.25, 0.3) is 0 Å². The number of nitrogens with zero attached hydrogens (tertiary/aromatic N) is 3. The van der Waals surface area contributed by atoms with E-state index < -0.39 is 0 Å². The lowest BCUT2D eigenvalue weighted by Gasteiger charge is -2.16. The summed E-state index contributed by atoms with van der Waals surface area (Å²) in [6, 6.07) is 1.84. The van der Waals surface area contributed by atoms with Gasteiger partial charge in [0, 0.05) is 25.4 Å². The Hall–Kier alpha value is -2.17. The Balaban J connectivity index is 2.15. The molecular weight excluding hydrogens is 230 g/mol. The van der Waals surface area contributed by atoms with Gasteiger partial charge in [-0.3, -0.25) is 4.79 Å². The van der Waals surface area contributed by atoms with Gasteiger partial charge >= 0.3 is 0 Å². The molecule has 0 aliphatic rings. The summed E-state index contributed by atoms with van der Waals surface area (Å²) < 4.78 is 4.98. The standard InChI is InChI=1S/C13H15N3O2/c1-9-12(6-14-10(2)15-9)13(17)16(3)7-11-4-5-18-8-11/h4-6,8H,7H2,1-3H3. The minimum Gasteiger partial charge on any atom is -0.472 e. The van der Waals surface area contributed by atoms with E-state index in [4.69, 9.17) is 4.42 Å². The minimum atomic E-state index is -0.0892. The van der Waals surface area contributed by atoms with Gasteiger partial charge in [-0.15, -0.1) is 0 Å². The van der Waals surface area contributed by atoms with Crippen LogP contribution < -0.4 is 0 Å². The molecule has 0 aliphatic carbocycles. The van der Waals surface area contributed by atoms with Crippen molar-refractivity contribution in [3.8, 4) is 0 Å². The van der Waals surface area contributed by atoms with Crippen molar-refractivity contribution in [3.63, 3.8) is 0 Å². The Morgan fingerprint density at radius 2 is 2.22 bits per heavy atom. The number of carbonyl (C=O) groups is 1. The predicted molar refractivity (Wildman–Crippen MR) is 66.0 cm³/mol. The van der Waals surface area contributed by atoms with Crippen LogP contribution in [0, 0.1) is 13.8 Å². The predicted octanol–water partition coefficient (Wildman–Crippen LogP) is 1.96. The highest BCUT2D eigenvalue weighted by Gasteiger charge is 2.16. The lowest BCUT2D eigenvalue weighted by Crippen LogP contribution is -2.27. The SMILES string of the molecule is Cc1ncc(C(=O)N(C)Cc2ccoc2)c(C)n1. The Kier molecular flexibility index (Phi) is 3.41. The quantitative estimate of drug-likeness (QED) is 0.829. The summed E-state index contributed by atoms with van der Waals surface area (Å²) in [6.07, 6.45) is 4.79. The summed E-state index contributed by atoms with van der Waals surface area (Å²) in [4.78, 5) is 22.1. The van der Waals surface area contributed by atoms with E-state index >= 15 is 0 Å². The van der Waals surface area contributed by atoms with Gasteiger partial charge in [-0.25, -0.2) is 9.97 Å². The van der Waals surface area contributed by atoms with Crippen LogP contribution in [0.5, 0.6) is 0 Å². The second-order valence-corrected chi connectivity index (χ2v) is 4.21. The summed E-state index contributed by atoms with van der Waals surface area (Å²) in [6.45, 7) is 4.12. The molecule has 2 heterocycles. The summed E-state index contributed by atoms with van der Waals surface area (Å²) in [5, 5.41) is 0. The first-order chi connectivity index (χ1) is 8.58. The number of amides is 1. The average Bonchev–Trinajstić information content (AvgIpc) is 2.81. The van der Waals surface area contributed by atoms with Gasteiger partial charge in [-0.2, -0.15) is 0 Å². The number of furan rings is 1. The van der Waals surface area contributed by atoms with Crippen LogP contribution in [-0.2, 0) is 6.54 Å². The van der Waals surface area contributed by atoms with E-state index in [2.05, 4.69) is 9.97 Å². The molecule has 94 valence electrons. The maximum atomic E-state index is 12.2. The molecule has 5 heteroatoms. The zero-order valence-corrected chi connectivity index (χ0v) is 10.7. The number of aromatic nitrogens is 2. The van der Waals surface area contributed by atoms with Crippen molar-refractivity contribution < 1.29 is 9.21 Å². The van der Waals surface area contributed by atoms with E-state index in [1.165, 1.54) is 0 Å². The molecule has 0 N–H and O–H groups in total. The van der Waals surface area contributed by atoms with Gasteiger partial charge in [-0.05, 0) is 19.9 Å². The van der Waals surface area contributed by atoms with E-state index in [9.17, 15) is 4.79 Å². The van der Waals surface area contributed by atoms with E-state index in [-0.39, 0.29) is 5.91 Å². The van der Waals surface area contributed by atoms with E-state index in [1.54, 1.807) is 37.6 Å². The van der Waals surface area contributed by atoms with Crippen molar-refractivity contribution in [2.75, 3.05) is 7.05 Å². The molecule has 0 saturated heterocycles. The molecule has 1 amide bonds. The number of aryl methyl sites for hydroxylation is 2. The van der Waals surface area contributed by atoms with Crippen molar-refractivity contribution in [3.05, 3.63) is 47.4 Å². The van der Waals surface area contributed by atoms with Crippen LogP contribution in [-0.4, -0.2) is 27.8 Å². The number of carbonyl (C=O) groups excluding carboxylic acids is 1. The molecule has 0 aliphatic heterocycles. The van der Waals surface area contributed by atoms with Crippen molar-refractivity contribution in [2.24, 2.45) is 0 Å². The minimum absolute atomic E-state index is 0.0892. The molecule has 0 atom stereocenters. The largest absolute Gasteiger partial charge is 0.472 e. The smallest absolute Gasteiger partial charge is 0.257 e. The molecule has 0 aromatic carbocycles. The Morgan fingerprint density at radius 3 is 2.83 bits per heavy atom. The third-order valence-electron chi connectivity index (χ3n) is 2.68. The van der Waals surface area contributed by atoms with E-state index in [1.807, 2.05) is 13.0 Å². The first-order valence-corrected chi connectivity index (χ1v) is 5.64. The molecule has 2 rings (SSSR count). The highest BCUT2D eigenvalue weighted by atomic mass is 16.3. The third-order valence-corrected chi connectivity index (χ3v) is 2.68. The molecule has 5 nitrogen and oxygen atoms in total. The molecule has 2 aromatic rings. The van der Waals surface area contributed by atoms with Gasteiger partial charge in [0.05, 0.1) is 23.8 Å². The van der Waals surface area contributed by atoms with Crippen molar-refractivity contribution in [1.82, 2.24) is 14.9 Å². The Labute approximate surface area is 105 Å². The summed E-state index contributed by atoms with van der Waals surface area (Å²) in [7, 11) is 1.74. The Morgan fingerprint density at radius 1 is 1.44 bits per heavy atom. The zero-order valence-electron chi connectivity index (χ0n) is 10.7. The maximum absolute atomic E-state index is 12.2. The highest BCUT2D eigenvalue weighted by Crippen LogP contribution is 2.10. The van der Waals surface area contributed by atoms with E-state index in [0.29, 0.717) is 23.6 Å². The van der Waals surface area contributed by atoms with Gasteiger partial charge in [0.2, 0.25) is 0 Å². The van der Waals surface area contributed by atoms with Crippen LogP contribution in [0.2, 0.25) is 0 Å². The van der Waals surface area contributed by atoms with Crippen LogP contribution in [0.15, 0.2) is 29.2 Å². The van der Waals surface area contributed by atoms with Crippen LogP contribution in [0.1, 0.15) is 27.4 Å². The van der Waals surface area contributed by atoms with Crippen molar-refractivity contribution in [2.45, 2.75) is 20.4 Å². The molecule has 2 aromatic heterocycles. The normalized spacial score (nSPS) is 10.4. The molecule has 0 spiro atoms. The molecule has 0 bridgehead atoms. The fraction of sp³-hybridized carbons (Fsp3) is 0.308. The first kappa shape index (κ1) is 12.3. The van der Waals surface area contributed by atoms with Crippen LogP contribution >= 0.6 is 0 Å². The third kappa shape index (κ3) is 2.56. The lowest BCUT2D eigenvalue weighted by atomic mass is 10.2. The summed E-state index contributed by atoms with van der Waals surface area (Å²) >= 11 is 0. The van der Waals surface area contributed by atoms with Crippen molar-refractivity contribution in [1.29, 1.82) is 0 Å². The van der Waals surface area contributed by atoms with Gasteiger partial charge in [0.15, 0.2) is 0 Å². The van der Waals surface area contributed by atoms with Crippen LogP contribution in [0.4, 0.5) is 0 Å². The topological polar surface area (TPSA) is 59.2 Å². The summed E-state index contributed by atoms with van der Waals surface area (Å²) in [5.41, 5.74) is 2.19. The van der Waals surface area contributed by atoms with Crippen molar-refractivity contribution >= 4 is 5.91 Å². The van der Waals surface area contributed by atoms with Gasteiger partial charge in [-0.1, -0.05) is 0 Å². The molecule has 0 fully saturated rings. The Bertz CT molecular complexity index is 549. The monoisotopic (exact) mass is 245 g/mol. The molecule has 0 unspecified atom stereocenters. The number of rotatable bonds is 3. The van der Waals surface area contributed by atoms with Crippen LogP contribution in [0.3, 0.4) is 0 Å². The lowest BCUT2D eigenvalue weighted by molar-refractivity contribution is 0.0783. The fourth-order valence-electron chi connectivity index (χ4n) is 1.73. The fourth-order valence-corrected chi connectivity index (χ4v) is 1.73. The molecule has 0 saturated carbocycles. The number of hydrogen-bond acceptors (Lipinski definition) is 4. The highest BCUT2D eigenvalue weighted by molar-refractivity contribution is 5.94. The molecular formula is C13H15N3O2. The second kappa shape index (κ2) is 5.00. The van der Waals surface area contributed by atoms with Gasteiger partial charge in [0.25, 0.3) is 5.91 Å². The van der Waals surface area contributed by atoms with Gasteiger partial charge < -0.3 is 9.32 Å². The first-order valence-electron chi connectivity index (χ1n) is 5.64. The average molecular weight is 245 g/mol. The maximum Gasteiger partial charge on any atom is 0.257 e. The summed E-state index contributed by atoms with van der Waals surface area (Å²) in [5.74, 6) is 0.579. The van der Waals surface area contributed by atoms with Gasteiger partial charge in [0.1, 0.15) is 5.82 Å². The number of hydrogen-bond donors (Lipinski definition) is 0. The van der Waals surface area contributed by atoms with E-state index in [0.717, 1.165) is 5.56 Å². The molecule has 18 heavy (non-hydrogen) atoms.